The third kappa shape index (κ3) is 3.11. The fourth-order valence-electron chi connectivity index (χ4n) is 1.68. The molecule has 0 fully saturated rings. The Labute approximate surface area is 113 Å². The summed E-state index contributed by atoms with van der Waals surface area (Å²) in [7, 11) is 1.75. The fourth-order valence-corrected chi connectivity index (χ4v) is 1.89. The van der Waals surface area contributed by atoms with Crippen molar-refractivity contribution in [2.45, 2.75) is 12.7 Å². The molecule has 2 rings (SSSR count). The van der Waals surface area contributed by atoms with Crippen molar-refractivity contribution in [1.29, 1.82) is 0 Å². The quantitative estimate of drug-likeness (QED) is 0.909. The summed E-state index contributed by atoms with van der Waals surface area (Å²) in [6.07, 6.45) is -4.40. The molecule has 0 bridgehead atoms. The smallest absolute Gasteiger partial charge is 0.416 e. The van der Waals surface area contributed by atoms with Crippen LogP contribution in [0.5, 0.6) is 0 Å². The Balaban J connectivity index is 2.42. The second-order valence-electron chi connectivity index (χ2n) is 3.99. The van der Waals surface area contributed by atoms with Crippen molar-refractivity contribution in [3.8, 4) is 11.3 Å². The number of halogens is 4. The van der Waals surface area contributed by atoms with E-state index in [2.05, 4.69) is 5.32 Å². The van der Waals surface area contributed by atoms with Gasteiger partial charge in [-0.15, -0.1) is 0 Å². The van der Waals surface area contributed by atoms with Crippen LogP contribution in [-0.4, -0.2) is 7.05 Å². The van der Waals surface area contributed by atoms with E-state index in [1.165, 1.54) is 6.07 Å². The van der Waals surface area contributed by atoms with Crippen LogP contribution in [0.2, 0.25) is 5.02 Å². The molecule has 1 aromatic heterocycles. The van der Waals surface area contributed by atoms with Crippen molar-refractivity contribution in [2.75, 3.05) is 7.05 Å². The van der Waals surface area contributed by atoms with Crippen molar-refractivity contribution in [3.05, 3.63) is 46.7 Å². The van der Waals surface area contributed by atoms with Crippen LogP contribution in [0.4, 0.5) is 13.2 Å². The van der Waals surface area contributed by atoms with Crippen molar-refractivity contribution >= 4 is 11.6 Å². The van der Waals surface area contributed by atoms with Gasteiger partial charge in [-0.1, -0.05) is 11.6 Å². The van der Waals surface area contributed by atoms with Gasteiger partial charge >= 0.3 is 6.18 Å². The van der Waals surface area contributed by atoms with Gasteiger partial charge in [-0.3, -0.25) is 0 Å². The van der Waals surface area contributed by atoms with E-state index >= 15 is 0 Å². The lowest BCUT2D eigenvalue weighted by Crippen LogP contribution is -2.04. The van der Waals surface area contributed by atoms with E-state index in [0.29, 0.717) is 18.1 Å². The first kappa shape index (κ1) is 14.0. The summed E-state index contributed by atoms with van der Waals surface area (Å²) in [5.74, 6) is 0.951. The van der Waals surface area contributed by atoms with Gasteiger partial charge in [0.05, 0.1) is 17.1 Å². The van der Waals surface area contributed by atoms with Crippen molar-refractivity contribution in [1.82, 2.24) is 5.32 Å². The largest absolute Gasteiger partial charge is 0.460 e. The Morgan fingerprint density at radius 1 is 1.21 bits per heavy atom. The molecule has 6 heteroatoms. The third-order valence-electron chi connectivity index (χ3n) is 2.57. The maximum Gasteiger partial charge on any atom is 0.416 e. The molecule has 2 aromatic rings. The molecule has 0 aliphatic heterocycles. The van der Waals surface area contributed by atoms with Gasteiger partial charge in [-0.2, -0.15) is 13.2 Å². The van der Waals surface area contributed by atoms with Crippen molar-refractivity contribution in [2.24, 2.45) is 0 Å². The Bertz CT molecular complexity index is 578. The first-order chi connectivity index (χ1) is 8.91. The van der Waals surface area contributed by atoms with Crippen LogP contribution in [0.25, 0.3) is 11.3 Å². The number of benzene rings is 1. The maximum absolute atomic E-state index is 12.7. The minimum atomic E-state index is -4.40. The van der Waals surface area contributed by atoms with Gasteiger partial charge in [0.25, 0.3) is 0 Å². The summed E-state index contributed by atoms with van der Waals surface area (Å²) in [4.78, 5) is 0. The molecule has 0 aliphatic rings. The molecule has 2 nitrogen and oxygen atoms in total. The lowest BCUT2D eigenvalue weighted by Gasteiger charge is -2.09. The second-order valence-corrected chi connectivity index (χ2v) is 4.40. The fraction of sp³-hybridized carbons (Fsp3) is 0.231. The molecule has 0 saturated heterocycles. The SMILES string of the molecule is CNCc1ccc(-c2cc(C(F)(F)F)ccc2Cl)o1. The predicted octanol–water partition coefficient (Wildman–Crippen LogP) is 4.34. The summed E-state index contributed by atoms with van der Waals surface area (Å²) < 4.78 is 43.4. The minimum absolute atomic E-state index is 0.221. The molecule has 1 N–H and O–H groups in total. The van der Waals surface area contributed by atoms with Crippen LogP contribution in [-0.2, 0) is 12.7 Å². The van der Waals surface area contributed by atoms with E-state index in [-0.39, 0.29) is 10.6 Å². The first-order valence-electron chi connectivity index (χ1n) is 5.52. The number of alkyl halides is 3. The highest BCUT2D eigenvalue weighted by molar-refractivity contribution is 6.33. The molecule has 0 spiro atoms. The summed E-state index contributed by atoms with van der Waals surface area (Å²) in [6.45, 7) is 0.497. The summed E-state index contributed by atoms with van der Waals surface area (Å²) >= 11 is 5.92. The number of nitrogens with one attached hydrogen (secondary N) is 1. The number of furan rings is 1. The zero-order valence-corrected chi connectivity index (χ0v) is 10.8. The standard InChI is InChI=1S/C13H11ClF3NO/c1-18-7-9-3-5-12(19-9)10-6-8(13(15,16)17)2-4-11(10)14/h2-6,18H,7H2,1H3. The number of hydrogen-bond donors (Lipinski definition) is 1. The Morgan fingerprint density at radius 3 is 2.58 bits per heavy atom. The number of rotatable bonds is 3. The van der Waals surface area contributed by atoms with Gasteiger partial charge < -0.3 is 9.73 Å². The van der Waals surface area contributed by atoms with E-state index < -0.39 is 11.7 Å². The lowest BCUT2D eigenvalue weighted by atomic mass is 10.1. The number of hydrogen-bond acceptors (Lipinski definition) is 2. The average molecular weight is 290 g/mol. The van der Waals surface area contributed by atoms with Gasteiger partial charge in [-0.25, -0.2) is 0 Å². The van der Waals surface area contributed by atoms with E-state index in [4.69, 9.17) is 16.0 Å². The molecule has 1 aromatic carbocycles. The van der Waals surface area contributed by atoms with Gasteiger partial charge in [-0.05, 0) is 37.4 Å². The molecule has 0 amide bonds. The zero-order chi connectivity index (χ0) is 14.0. The lowest BCUT2D eigenvalue weighted by molar-refractivity contribution is -0.137. The monoisotopic (exact) mass is 289 g/mol. The molecule has 0 saturated carbocycles. The second kappa shape index (κ2) is 5.27. The van der Waals surface area contributed by atoms with Crippen LogP contribution in [0.3, 0.4) is 0 Å². The van der Waals surface area contributed by atoms with Crippen LogP contribution >= 0.6 is 11.6 Å². The normalized spacial score (nSPS) is 11.8. The molecule has 1 heterocycles. The van der Waals surface area contributed by atoms with E-state index in [0.717, 1.165) is 12.1 Å². The van der Waals surface area contributed by atoms with E-state index in [9.17, 15) is 13.2 Å². The highest BCUT2D eigenvalue weighted by atomic mass is 35.5. The topological polar surface area (TPSA) is 25.2 Å². The predicted molar refractivity (Wildman–Crippen MR) is 66.9 cm³/mol. The van der Waals surface area contributed by atoms with Gasteiger partial charge in [0, 0.05) is 5.56 Å². The molecule has 0 unspecified atom stereocenters. The van der Waals surface area contributed by atoms with Crippen LogP contribution in [0.1, 0.15) is 11.3 Å². The minimum Gasteiger partial charge on any atom is -0.460 e. The highest BCUT2D eigenvalue weighted by Gasteiger charge is 2.31. The van der Waals surface area contributed by atoms with Crippen LogP contribution in [0, 0.1) is 0 Å². The zero-order valence-electron chi connectivity index (χ0n) is 10.0. The Hall–Kier alpha value is -1.46. The summed E-state index contributed by atoms with van der Waals surface area (Å²) in [5, 5.41) is 3.11. The molecule has 0 radical (unpaired) electrons. The van der Waals surface area contributed by atoms with Gasteiger partial charge in [0.2, 0.25) is 0 Å². The molecule has 0 atom stereocenters. The van der Waals surface area contributed by atoms with Gasteiger partial charge in [0.1, 0.15) is 11.5 Å². The molecular formula is C13H11ClF3NO. The molecule has 102 valence electrons. The van der Waals surface area contributed by atoms with E-state index in [1.54, 1.807) is 19.2 Å². The molecule has 19 heavy (non-hydrogen) atoms. The summed E-state index contributed by atoms with van der Waals surface area (Å²) in [5.41, 5.74) is -0.516. The van der Waals surface area contributed by atoms with Crippen molar-refractivity contribution < 1.29 is 17.6 Å². The average Bonchev–Trinajstić information content (AvgIpc) is 2.77. The third-order valence-corrected chi connectivity index (χ3v) is 2.90. The first-order valence-corrected chi connectivity index (χ1v) is 5.90. The van der Waals surface area contributed by atoms with E-state index in [1.807, 2.05) is 0 Å². The van der Waals surface area contributed by atoms with Crippen molar-refractivity contribution in [3.63, 3.8) is 0 Å². The molecular weight excluding hydrogens is 279 g/mol. The van der Waals surface area contributed by atoms with Crippen LogP contribution < -0.4 is 5.32 Å². The highest BCUT2D eigenvalue weighted by Crippen LogP contribution is 2.36. The van der Waals surface area contributed by atoms with Crippen LogP contribution in [0.15, 0.2) is 34.7 Å². The van der Waals surface area contributed by atoms with Gasteiger partial charge in [0.15, 0.2) is 0 Å². The molecule has 0 aliphatic carbocycles. The summed E-state index contributed by atoms with van der Waals surface area (Å²) in [6, 6.07) is 6.46. The maximum atomic E-state index is 12.7. The Morgan fingerprint density at radius 2 is 1.95 bits per heavy atom. The Kier molecular flexibility index (Phi) is 3.87.